The summed E-state index contributed by atoms with van der Waals surface area (Å²) in [6.07, 6.45) is 2.05. The molecule has 100 valence electrons. The molecule has 1 aromatic rings. The van der Waals surface area contributed by atoms with E-state index in [0.717, 1.165) is 20.0 Å². The van der Waals surface area contributed by atoms with Crippen LogP contribution < -0.4 is 4.90 Å². The SMILES string of the molecule is C=CC(c1ccccc1)[NH+](CC)CC.CC(=O)O. The Morgan fingerprint density at radius 1 is 1.33 bits per heavy atom. The van der Waals surface area contributed by atoms with Gasteiger partial charge in [-0.2, -0.15) is 0 Å². The topological polar surface area (TPSA) is 41.7 Å². The van der Waals surface area contributed by atoms with Crippen LogP contribution in [0.25, 0.3) is 0 Å². The Bertz CT molecular complexity index is 341. The van der Waals surface area contributed by atoms with E-state index in [2.05, 4.69) is 56.8 Å². The summed E-state index contributed by atoms with van der Waals surface area (Å²) in [5, 5.41) is 7.42. The van der Waals surface area contributed by atoms with Gasteiger partial charge in [-0.15, -0.1) is 0 Å². The number of rotatable bonds is 5. The van der Waals surface area contributed by atoms with Gasteiger partial charge in [0.15, 0.2) is 0 Å². The lowest BCUT2D eigenvalue weighted by molar-refractivity contribution is -0.921. The van der Waals surface area contributed by atoms with Crippen LogP contribution in [0, 0.1) is 0 Å². The quantitative estimate of drug-likeness (QED) is 0.784. The van der Waals surface area contributed by atoms with Gasteiger partial charge >= 0.3 is 0 Å². The summed E-state index contributed by atoms with van der Waals surface area (Å²) < 4.78 is 0. The number of quaternary nitrogens is 1. The van der Waals surface area contributed by atoms with Crippen LogP contribution in [0.3, 0.4) is 0 Å². The Hall–Kier alpha value is -1.61. The Kier molecular flexibility index (Phi) is 8.58. The van der Waals surface area contributed by atoms with Crippen LogP contribution in [0.4, 0.5) is 0 Å². The normalized spacial score (nSPS) is 11.3. The zero-order chi connectivity index (χ0) is 14.0. The molecule has 1 rings (SSSR count). The molecule has 0 aliphatic carbocycles. The maximum absolute atomic E-state index is 9.00. The van der Waals surface area contributed by atoms with Gasteiger partial charge < -0.3 is 10.0 Å². The molecule has 3 nitrogen and oxygen atoms in total. The summed E-state index contributed by atoms with van der Waals surface area (Å²) in [6, 6.07) is 11.0. The number of carbonyl (C=O) groups is 1. The predicted octanol–water partition coefficient (Wildman–Crippen LogP) is 1.93. The minimum Gasteiger partial charge on any atom is -0.481 e. The molecule has 0 aliphatic heterocycles. The van der Waals surface area contributed by atoms with Crippen molar-refractivity contribution in [3.05, 3.63) is 48.6 Å². The van der Waals surface area contributed by atoms with Crippen LogP contribution in [-0.2, 0) is 4.79 Å². The van der Waals surface area contributed by atoms with Crippen molar-refractivity contribution in [2.24, 2.45) is 0 Å². The first-order chi connectivity index (χ1) is 8.56. The highest BCUT2D eigenvalue weighted by molar-refractivity contribution is 5.62. The third-order valence-electron chi connectivity index (χ3n) is 2.74. The predicted molar refractivity (Wildman–Crippen MR) is 74.7 cm³/mol. The smallest absolute Gasteiger partial charge is 0.300 e. The summed E-state index contributed by atoms with van der Waals surface area (Å²) in [5.41, 5.74) is 1.36. The second kappa shape index (κ2) is 9.42. The van der Waals surface area contributed by atoms with Gasteiger partial charge in [-0.25, -0.2) is 0 Å². The number of nitrogens with one attached hydrogen (secondary N) is 1. The largest absolute Gasteiger partial charge is 0.481 e. The van der Waals surface area contributed by atoms with Crippen LogP contribution in [0.1, 0.15) is 32.4 Å². The van der Waals surface area contributed by atoms with E-state index in [4.69, 9.17) is 9.90 Å². The Morgan fingerprint density at radius 3 is 2.11 bits per heavy atom. The highest BCUT2D eigenvalue weighted by Gasteiger charge is 2.16. The molecule has 2 N–H and O–H groups in total. The van der Waals surface area contributed by atoms with E-state index in [1.165, 1.54) is 5.56 Å². The van der Waals surface area contributed by atoms with Gasteiger partial charge in [0.2, 0.25) is 0 Å². The van der Waals surface area contributed by atoms with Crippen molar-refractivity contribution in [3.8, 4) is 0 Å². The Labute approximate surface area is 110 Å². The van der Waals surface area contributed by atoms with E-state index in [1.807, 2.05) is 0 Å². The van der Waals surface area contributed by atoms with Crippen LogP contribution in [0.15, 0.2) is 43.0 Å². The lowest BCUT2D eigenvalue weighted by atomic mass is 10.1. The van der Waals surface area contributed by atoms with Crippen molar-refractivity contribution < 1.29 is 14.8 Å². The molecular formula is C15H24NO2+. The summed E-state index contributed by atoms with van der Waals surface area (Å²) in [4.78, 5) is 10.6. The maximum atomic E-state index is 9.00. The number of carboxylic acid groups (broad SMARTS) is 1. The monoisotopic (exact) mass is 250 g/mol. The van der Waals surface area contributed by atoms with E-state index in [1.54, 1.807) is 4.90 Å². The molecule has 0 aliphatic rings. The zero-order valence-corrected chi connectivity index (χ0v) is 11.5. The molecule has 18 heavy (non-hydrogen) atoms. The molecule has 0 spiro atoms. The Balaban J connectivity index is 0.000000631. The highest BCUT2D eigenvalue weighted by Crippen LogP contribution is 2.09. The van der Waals surface area contributed by atoms with E-state index in [0.29, 0.717) is 6.04 Å². The van der Waals surface area contributed by atoms with Gasteiger partial charge in [-0.1, -0.05) is 36.9 Å². The first-order valence-corrected chi connectivity index (χ1v) is 6.28. The first kappa shape index (κ1) is 16.4. The average molecular weight is 250 g/mol. The maximum Gasteiger partial charge on any atom is 0.300 e. The summed E-state index contributed by atoms with van der Waals surface area (Å²) in [5.74, 6) is -0.833. The molecule has 0 radical (unpaired) electrons. The van der Waals surface area contributed by atoms with Crippen LogP contribution in [-0.4, -0.2) is 24.2 Å². The van der Waals surface area contributed by atoms with Crippen molar-refractivity contribution in [2.45, 2.75) is 26.8 Å². The molecule has 0 amide bonds. The molecule has 0 saturated heterocycles. The van der Waals surface area contributed by atoms with Crippen molar-refractivity contribution in [1.29, 1.82) is 0 Å². The van der Waals surface area contributed by atoms with Gasteiger partial charge in [0.25, 0.3) is 5.97 Å². The van der Waals surface area contributed by atoms with E-state index in [-0.39, 0.29) is 0 Å². The van der Waals surface area contributed by atoms with E-state index >= 15 is 0 Å². The fourth-order valence-electron chi connectivity index (χ4n) is 1.89. The standard InChI is InChI=1S/C13H19N.C2H4O2/c1-4-13(14(5-2)6-3)12-10-8-7-9-11-12;1-2(3)4/h4,7-11,13H,1,5-6H2,2-3H3;1H3,(H,3,4)/p+1. The van der Waals surface area contributed by atoms with Gasteiger partial charge in [0.1, 0.15) is 6.04 Å². The van der Waals surface area contributed by atoms with E-state index < -0.39 is 5.97 Å². The molecule has 0 heterocycles. The minimum atomic E-state index is -0.833. The fourth-order valence-corrected chi connectivity index (χ4v) is 1.89. The minimum absolute atomic E-state index is 0.436. The molecule has 1 unspecified atom stereocenters. The highest BCUT2D eigenvalue weighted by atomic mass is 16.4. The first-order valence-electron chi connectivity index (χ1n) is 6.28. The molecule has 0 aromatic heterocycles. The molecule has 0 bridgehead atoms. The van der Waals surface area contributed by atoms with Crippen LogP contribution in [0.2, 0.25) is 0 Å². The summed E-state index contributed by atoms with van der Waals surface area (Å²) in [7, 11) is 0. The lowest BCUT2D eigenvalue weighted by Crippen LogP contribution is -3.11. The summed E-state index contributed by atoms with van der Waals surface area (Å²) in [6.45, 7) is 11.7. The molecular weight excluding hydrogens is 226 g/mol. The third-order valence-corrected chi connectivity index (χ3v) is 2.74. The van der Waals surface area contributed by atoms with Crippen molar-refractivity contribution in [1.82, 2.24) is 0 Å². The Morgan fingerprint density at radius 2 is 1.78 bits per heavy atom. The molecule has 1 aromatic carbocycles. The number of hydrogen-bond acceptors (Lipinski definition) is 1. The molecule has 0 fully saturated rings. The van der Waals surface area contributed by atoms with Crippen molar-refractivity contribution >= 4 is 5.97 Å². The molecule has 0 saturated carbocycles. The fraction of sp³-hybridized carbons (Fsp3) is 0.400. The van der Waals surface area contributed by atoms with E-state index in [9.17, 15) is 0 Å². The number of carboxylic acids is 1. The van der Waals surface area contributed by atoms with Gasteiger partial charge in [0, 0.05) is 12.5 Å². The second-order valence-electron chi connectivity index (χ2n) is 4.01. The van der Waals surface area contributed by atoms with Crippen molar-refractivity contribution in [2.75, 3.05) is 13.1 Å². The average Bonchev–Trinajstić information content (AvgIpc) is 2.36. The number of benzene rings is 1. The van der Waals surface area contributed by atoms with Gasteiger partial charge in [-0.05, 0) is 19.9 Å². The molecule has 1 atom stereocenters. The van der Waals surface area contributed by atoms with Crippen LogP contribution in [0.5, 0.6) is 0 Å². The third kappa shape index (κ3) is 6.21. The number of likely N-dealkylation sites (N-methyl/N-ethyl adjacent to an activating group) is 1. The second-order valence-corrected chi connectivity index (χ2v) is 4.01. The number of aliphatic carboxylic acids is 1. The van der Waals surface area contributed by atoms with Gasteiger partial charge in [-0.3, -0.25) is 4.79 Å². The molecule has 3 heteroatoms. The van der Waals surface area contributed by atoms with Crippen molar-refractivity contribution in [3.63, 3.8) is 0 Å². The number of hydrogen-bond donors (Lipinski definition) is 2. The zero-order valence-electron chi connectivity index (χ0n) is 11.5. The van der Waals surface area contributed by atoms with Crippen LogP contribution >= 0.6 is 0 Å². The lowest BCUT2D eigenvalue weighted by Gasteiger charge is -2.24. The van der Waals surface area contributed by atoms with Gasteiger partial charge in [0.05, 0.1) is 13.1 Å². The summed E-state index contributed by atoms with van der Waals surface area (Å²) >= 11 is 0.